The van der Waals surface area contributed by atoms with Crippen LogP contribution in [0.1, 0.15) is 29.8 Å². The van der Waals surface area contributed by atoms with Crippen LogP contribution in [0.4, 0.5) is 0 Å². The quantitative estimate of drug-likeness (QED) is 0.414. The van der Waals surface area contributed by atoms with Crippen LogP contribution in [0, 0.1) is 0 Å². The molecule has 0 aliphatic carbocycles. The lowest BCUT2D eigenvalue weighted by Gasteiger charge is -2.42. The van der Waals surface area contributed by atoms with Gasteiger partial charge in [-0.15, -0.1) is 0 Å². The van der Waals surface area contributed by atoms with Crippen molar-refractivity contribution in [1.29, 1.82) is 0 Å². The Kier molecular flexibility index (Phi) is 9.18. The molecule has 3 rings (SSSR count). The van der Waals surface area contributed by atoms with Gasteiger partial charge in [0.2, 0.25) is 0 Å². The van der Waals surface area contributed by atoms with E-state index in [1.807, 2.05) is 12.1 Å². The Morgan fingerprint density at radius 2 is 1.49 bits per heavy atom. The van der Waals surface area contributed by atoms with E-state index < -0.39 is 48.6 Å². The SMILES string of the molecule is COc1ccc(COC[C@H]2O[C@@H](O)[C@H](OC(C)=O)[C@@H](OC(C)=O)[C@@H]2OC(=O)c2ccccc2)cc1. The van der Waals surface area contributed by atoms with Crippen molar-refractivity contribution in [2.45, 2.75) is 51.2 Å². The average molecular weight is 488 g/mol. The molecule has 0 saturated carbocycles. The van der Waals surface area contributed by atoms with E-state index in [4.69, 9.17) is 28.4 Å². The Hall–Kier alpha value is -3.47. The fourth-order valence-corrected chi connectivity index (χ4v) is 3.60. The molecule has 5 atom stereocenters. The van der Waals surface area contributed by atoms with Gasteiger partial charge in [-0.2, -0.15) is 0 Å². The number of ether oxygens (including phenoxy) is 6. The molecule has 10 nitrogen and oxygen atoms in total. The maximum atomic E-state index is 12.8. The van der Waals surface area contributed by atoms with Crippen LogP contribution >= 0.6 is 0 Å². The van der Waals surface area contributed by atoms with E-state index in [1.165, 1.54) is 0 Å². The maximum absolute atomic E-state index is 12.8. The first-order chi connectivity index (χ1) is 16.8. The van der Waals surface area contributed by atoms with Crippen molar-refractivity contribution in [2.24, 2.45) is 0 Å². The molecule has 188 valence electrons. The third-order valence-corrected chi connectivity index (χ3v) is 5.18. The first-order valence-corrected chi connectivity index (χ1v) is 10.9. The van der Waals surface area contributed by atoms with Crippen LogP contribution in [-0.2, 0) is 39.9 Å². The topological polar surface area (TPSA) is 127 Å². The number of aliphatic hydroxyl groups excluding tert-OH is 1. The molecule has 1 N–H and O–H groups in total. The lowest BCUT2D eigenvalue weighted by Crippen LogP contribution is -2.62. The zero-order chi connectivity index (χ0) is 25.4. The predicted octanol–water partition coefficient (Wildman–Crippen LogP) is 2.02. The van der Waals surface area contributed by atoms with Crippen LogP contribution in [0.3, 0.4) is 0 Å². The molecule has 1 fully saturated rings. The van der Waals surface area contributed by atoms with Gasteiger partial charge in [-0.05, 0) is 29.8 Å². The van der Waals surface area contributed by atoms with Crippen LogP contribution in [0.5, 0.6) is 5.75 Å². The molecular weight excluding hydrogens is 460 g/mol. The van der Waals surface area contributed by atoms with Gasteiger partial charge in [-0.25, -0.2) is 4.79 Å². The Bertz CT molecular complexity index is 991. The number of carbonyl (C=O) groups is 3. The Morgan fingerprint density at radius 3 is 2.09 bits per heavy atom. The van der Waals surface area contributed by atoms with Gasteiger partial charge in [0.25, 0.3) is 0 Å². The number of methoxy groups -OCH3 is 1. The summed E-state index contributed by atoms with van der Waals surface area (Å²) in [6.45, 7) is 2.34. The molecule has 1 aliphatic rings. The molecule has 0 aromatic heterocycles. The minimum Gasteiger partial charge on any atom is -0.497 e. The average Bonchev–Trinajstić information content (AvgIpc) is 2.84. The highest BCUT2D eigenvalue weighted by Crippen LogP contribution is 2.29. The molecule has 35 heavy (non-hydrogen) atoms. The molecule has 2 aromatic rings. The number of carbonyl (C=O) groups excluding carboxylic acids is 3. The van der Waals surface area contributed by atoms with Crippen LogP contribution in [0.2, 0.25) is 0 Å². The van der Waals surface area contributed by atoms with E-state index in [0.717, 1.165) is 19.4 Å². The van der Waals surface area contributed by atoms with E-state index in [9.17, 15) is 19.5 Å². The van der Waals surface area contributed by atoms with Gasteiger partial charge in [-0.1, -0.05) is 30.3 Å². The van der Waals surface area contributed by atoms with Gasteiger partial charge >= 0.3 is 17.9 Å². The van der Waals surface area contributed by atoms with Crippen molar-refractivity contribution in [1.82, 2.24) is 0 Å². The minimum absolute atomic E-state index is 0.125. The van der Waals surface area contributed by atoms with Crippen molar-refractivity contribution < 1.29 is 47.9 Å². The second-order valence-corrected chi connectivity index (χ2v) is 7.81. The van der Waals surface area contributed by atoms with Crippen molar-refractivity contribution in [3.63, 3.8) is 0 Å². The minimum atomic E-state index is -1.65. The van der Waals surface area contributed by atoms with Gasteiger partial charge in [0.1, 0.15) is 11.9 Å². The second-order valence-electron chi connectivity index (χ2n) is 7.81. The van der Waals surface area contributed by atoms with Crippen molar-refractivity contribution >= 4 is 17.9 Å². The molecule has 0 amide bonds. The van der Waals surface area contributed by atoms with Crippen LogP contribution in [0.15, 0.2) is 54.6 Å². The van der Waals surface area contributed by atoms with Crippen molar-refractivity contribution in [3.8, 4) is 5.75 Å². The largest absolute Gasteiger partial charge is 0.497 e. The van der Waals surface area contributed by atoms with E-state index in [-0.39, 0.29) is 18.8 Å². The van der Waals surface area contributed by atoms with E-state index >= 15 is 0 Å². The summed E-state index contributed by atoms with van der Waals surface area (Å²) in [4.78, 5) is 36.3. The highest BCUT2D eigenvalue weighted by molar-refractivity contribution is 5.89. The molecular formula is C25H28O10. The van der Waals surface area contributed by atoms with Crippen molar-refractivity contribution in [2.75, 3.05) is 13.7 Å². The Labute approximate surface area is 202 Å². The molecule has 2 aromatic carbocycles. The Morgan fingerprint density at radius 1 is 0.857 bits per heavy atom. The summed E-state index contributed by atoms with van der Waals surface area (Å²) in [5.41, 5.74) is 1.09. The number of hydrogen-bond donors (Lipinski definition) is 1. The third kappa shape index (κ3) is 7.25. The number of aliphatic hydroxyl groups is 1. The smallest absolute Gasteiger partial charge is 0.338 e. The van der Waals surface area contributed by atoms with Gasteiger partial charge in [0.05, 0.1) is 25.9 Å². The highest BCUT2D eigenvalue weighted by atomic mass is 16.7. The molecule has 1 aliphatic heterocycles. The molecule has 0 bridgehead atoms. The fraction of sp³-hybridized carbons (Fsp3) is 0.400. The van der Waals surface area contributed by atoms with Crippen molar-refractivity contribution in [3.05, 3.63) is 65.7 Å². The number of esters is 3. The zero-order valence-corrected chi connectivity index (χ0v) is 19.6. The molecule has 1 saturated heterocycles. The third-order valence-electron chi connectivity index (χ3n) is 5.18. The first-order valence-electron chi connectivity index (χ1n) is 10.9. The van der Waals surface area contributed by atoms with Gasteiger partial charge in [-0.3, -0.25) is 9.59 Å². The first kappa shape index (κ1) is 26.1. The lowest BCUT2D eigenvalue weighted by atomic mass is 9.98. The molecule has 0 spiro atoms. The zero-order valence-electron chi connectivity index (χ0n) is 19.6. The molecule has 10 heteroatoms. The summed E-state index contributed by atoms with van der Waals surface area (Å²) in [5.74, 6) is -1.48. The molecule has 0 unspecified atom stereocenters. The standard InChI is InChI=1S/C25H28O10/c1-15(26)32-22-21(35-24(28)18-7-5-4-6-8-18)20(34-25(29)23(22)33-16(2)27)14-31-13-17-9-11-19(30-3)12-10-17/h4-12,20-23,25,29H,13-14H2,1-3H3/t20-,21-,22+,23-,25-/m1/s1. The maximum Gasteiger partial charge on any atom is 0.338 e. The van der Waals surface area contributed by atoms with Gasteiger partial charge in [0.15, 0.2) is 24.6 Å². The fourth-order valence-electron chi connectivity index (χ4n) is 3.60. The van der Waals surface area contributed by atoms with Gasteiger partial charge in [0, 0.05) is 13.8 Å². The number of hydrogen-bond acceptors (Lipinski definition) is 10. The van der Waals surface area contributed by atoms with E-state index in [1.54, 1.807) is 49.6 Å². The van der Waals surface area contributed by atoms with Gasteiger partial charge < -0.3 is 33.5 Å². The van der Waals surface area contributed by atoms with Crippen LogP contribution in [-0.4, -0.2) is 67.4 Å². The van der Waals surface area contributed by atoms with E-state index in [0.29, 0.717) is 5.75 Å². The van der Waals surface area contributed by atoms with Crippen LogP contribution in [0.25, 0.3) is 0 Å². The van der Waals surface area contributed by atoms with Crippen LogP contribution < -0.4 is 4.74 Å². The second kappa shape index (κ2) is 12.3. The summed E-state index contributed by atoms with van der Waals surface area (Å²) in [6, 6.07) is 15.4. The summed E-state index contributed by atoms with van der Waals surface area (Å²) in [5, 5.41) is 10.5. The summed E-state index contributed by atoms with van der Waals surface area (Å²) in [7, 11) is 1.57. The highest BCUT2D eigenvalue weighted by Gasteiger charge is 2.51. The molecule has 0 radical (unpaired) electrons. The number of rotatable bonds is 9. The summed E-state index contributed by atoms with van der Waals surface area (Å²) in [6.07, 6.45) is -6.67. The van der Waals surface area contributed by atoms with E-state index in [2.05, 4.69) is 0 Å². The lowest BCUT2D eigenvalue weighted by molar-refractivity contribution is -0.294. The Balaban J connectivity index is 1.81. The molecule has 1 heterocycles. The predicted molar refractivity (Wildman–Crippen MR) is 120 cm³/mol. The number of benzene rings is 2. The monoisotopic (exact) mass is 488 g/mol. The summed E-state index contributed by atoms with van der Waals surface area (Å²) < 4.78 is 32.6. The normalized spacial score (nSPS) is 23.7. The summed E-state index contributed by atoms with van der Waals surface area (Å²) >= 11 is 0.